The van der Waals surface area contributed by atoms with Crippen LogP contribution in [0.1, 0.15) is 49.0 Å². The highest BCUT2D eigenvalue weighted by atomic mass is 35.5. The number of rotatable bonds is 10. The second-order valence-electron chi connectivity index (χ2n) is 8.10. The molecule has 1 heterocycles. The topological polar surface area (TPSA) is 104 Å². The van der Waals surface area contributed by atoms with E-state index in [1.807, 2.05) is 6.92 Å². The Morgan fingerprint density at radius 3 is 2.44 bits per heavy atom. The molecule has 0 aliphatic carbocycles. The quantitative estimate of drug-likeness (QED) is 0.534. The lowest BCUT2D eigenvalue weighted by Gasteiger charge is -2.29. The number of fused-ring (bicyclic) bond motifs is 1. The molecule has 1 aliphatic heterocycles. The van der Waals surface area contributed by atoms with E-state index in [9.17, 15) is 22.8 Å². The molecule has 1 aliphatic rings. The van der Waals surface area contributed by atoms with Crippen molar-refractivity contribution in [2.75, 3.05) is 13.1 Å². The fraction of sp³-hybridized carbons (Fsp3) is 0.375. The molecule has 1 N–H and O–H groups in total. The maximum absolute atomic E-state index is 13.1. The average Bonchev–Trinajstić information content (AvgIpc) is 3.02. The van der Waals surface area contributed by atoms with Gasteiger partial charge in [0.05, 0.1) is 5.56 Å². The number of hydrogen-bond donors (Lipinski definition) is 1. The Bertz CT molecular complexity index is 1170. The third-order valence-corrected chi connectivity index (χ3v) is 7.74. The van der Waals surface area contributed by atoms with Gasteiger partial charge in [0.1, 0.15) is 10.9 Å². The normalized spacial score (nSPS) is 15.0. The van der Waals surface area contributed by atoms with Crippen LogP contribution in [0.15, 0.2) is 53.4 Å². The van der Waals surface area contributed by atoms with Gasteiger partial charge >= 0.3 is 0 Å². The summed E-state index contributed by atoms with van der Waals surface area (Å²) >= 11 is 5.95. The molecule has 1 atom stereocenters. The number of benzene rings is 2. The van der Waals surface area contributed by atoms with Crippen LogP contribution in [0.5, 0.6) is 0 Å². The van der Waals surface area contributed by atoms with E-state index in [-0.39, 0.29) is 48.2 Å². The summed E-state index contributed by atoms with van der Waals surface area (Å²) in [4.78, 5) is 39.7. The molecule has 0 saturated carbocycles. The highest BCUT2D eigenvalue weighted by molar-refractivity contribution is 7.90. The Labute approximate surface area is 204 Å². The number of nitrogens with one attached hydrogen (secondary N) is 1. The van der Waals surface area contributed by atoms with Crippen LogP contribution in [0, 0.1) is 0 Å². The average molecular weight is 506 g/mol. The predicted octanol–water partition coefficient (Wildman–Crippen LogP) is 3.21. The number of carbonyl (C=O) groups excluding carboxylic acids is 3. The van der Waals surface area contributed by atoms with Gasteiger partial charge in [-0.2, -0.15) is 0 Å². The summed E-state index contributed by atoms with van der Waals surface area (Å²) in [5.41, 5.74) is 0.944. The van der Waals surface area contributed by atoms with Crippen molar-refractivity contribution in [1.29, 1.82) is 0 Å². The van der Waals surface area contributed by atoms with Gasteiger partial charge in [-0.25, -0.2) is 12.7 Å². The number of amides is 3. The molecule has 0 unspecified atom stereocenters. The fourth-order valence-electron chi connectivity index (χ4n) is 3.73. The summed E-state index contributed by atoms with van der Waals surface area (Å²) in [6.07, 6.45) is 0.886. The highest BCUT2D eigenvalue weighted by Gasteiger charge is 2.40. The molecule has 2 aromatic carbocycles. The number of carbonyl (C=O) groups is 3. The van der Waals surface area contributed by atoms with E-state index in [2.05, 4.69) is 5.32 Å². The van der Waals surface area contributed by atoms with Gasteiger partial charge in [0.2, 0.25) is 11.8 Å². The van der Waals surface area contributed by atoms with Crippen LogP contribution in [-0.4, -0.2) is 54.5 Å². The monoisotopic (exact) mass is 505 g/mol. The molecule has 2 aromatic rings. The predicted molar refractivity (Wildman–Crippen MR) is 129 cm³/mol. The Morgan fingerprint density at radius 1 is 1.12 bits per heavy atom. The first-order valence-electron chi connectivity index (χ1n) is 11.1. The van der Waals surface area contributed by atoms with Crippen LogP contribution >= 0.6 is 11.6 Å². The molecule has 0 saturated heterocycles. The Balaban J connectivity index is 1.69. The number of sulfonamides is 1. The van der Waals surface area contributed by atoms with Crippen LogP contribution in [-0.2, 0) is 26.2 Å². The molecular weight excluding hydrogens is 478 g/mol. The summed E-state index contributed by atoms with van der Waals surface area (Å²) < 4.78 is 26.2. The van der Waals surface area contributed by atoms with Crippen molar-refractivity contribution < 1.29 is 22.8 Å². The van der Waals surface area contributed by atoms with E-state index in [1.165, 1.54) is 17.0 Å². The first kappa shape index (κ1) is 25.7. The summed E-state index contributed by atoms with van der Waals surface area (Å²) in [7, 11) is -3.92. The van der Waals surface area contributed by atoms with E-state index in [1.54, 1.807) is 43.3 Å². The standard InChI is InChI=1S/C24H28ClN3O5S/c1-3-14-26-23(30)17(2)27(16-18-10-12-19(25)13-11-18)22(29)9-6-15-28-24(31)20-7-4-5-8-21(20)34(28,32)33/h4-5,7-8,10-13,17H,3,6,9,14-16H2,1-2H3,(H,26,30)/t17-/m1/s1. The molecule has 3 rings (SSSR count). The van der Waals surface area contributed by atoms with Crippen LogP contribution in [0.25, 0.3) is 0 Å². The van der Waals surface area contributed by atoms with Gasteiger partial charge in [-0.15, -0.1) is 0 Å². The maximum Gasteiger partial charge on any atom is 0.269 e. The number of halogens is 1. The van der Waals surface area contributed by atoms with Gasteiger partial charge in [0.25, 0.3) is 15.9 Å². The van der Waals surface area contributed by atoms with Gasteiger partial charge in [0.15, 0.2) is 0 Å². The molecule has 10 heteroatoms. The van der Waals surface area contributed by atoms with E-state index in [0.717, 1.165) is 16.3 Å². The summed E-state index contributed by atoms with van der Waals surface area (Å²) in [5.74, 6) is -1.17. The van der Waals surface area contributed by atoms with Crippen molar-refractivity contribution >= 4 is 39.3 Å². The van der Waals surface area contributed by atoms with Crippen molar-refractivity contribution in [2.24, 2.45) is 0 Å². The molecule has 0 aromatic heterocycles. The lowest BCUT2D eigenvalue weighted by Crippen LogP contribution is -2.47. The van der Waals surface area contributed by atoms with Crippen molar-refractivity contribution in [3.63, 3.8) is 0 Å². The van der Waals surface area contributed by atoms with E-state index >= 15 is 0 Å². The van der Waals surface area contributed by atoms with Gasteiger partial charge in [-0.05, 0) is 49.6 Å². The van der Waals surface area contributed by atoms with Crippen LogP contribution in [0.2, 0.25) is 5.02 Å². The van der Waals surface area contributed by atoms with E-state index in [0.29, 0.717) is 11.6 Å². The second kappa shape index (κ2) is 11.0. The molecule has 0 bridgehead atoms. The minimum atomic E-state index is -3.92. The van der Waals surface area contributed by atoms with Crippen LogP contribution in [0.4, 0.5) is 0 Å². The minimum absolute atomic E-state index is 0.0168. The van der Waals surface area contributed by atoms with E-state index in [4.69, 9.17) is 11.6 Å². The van der Waals surface area contributed by atoms with Crippen molar-refractivity contribution in [3.8, 4) is 0 Å². The van der Waals surface area contributed by atoms with Gasteiger partial charge < -0.3 is 10.2 Å². The Hall–Kier alpha value is -2.91. The number of hydrogen-bond acceptors (Lipinski definition) is 5. The molecule has 34 heavy (non-hydrogen) atoms. The minimum Gasteiger partial charge on any atom is -0.354 e. The zero-order valence-corrected chi connectivity index (χ0v) is 20.7. The summed E-state index contributed by atoms with van der Waals surface area (Å²) in [6.45, 7) is 4.18. The molecule has 8 nitrogen and oxygen atoms in total. The fourth-order valence-corrected chi connectivity index (χ4v) is 5.47. The van der Waals surface area contributed by atoms with Crippen molar-refractivity contribution in [1.82, 2.24) is 14.5 Å². The Kier molecular flexibility index (Phi) is 8.33. The molecular formula is C24H28ClN3O5S. The lowest BCUT2D eigenvalue weighted by atomic mass is 10.1. The number of nitrogens with zero attached hydrogens (tertiary/aromatic N) is 2. The molecule has 182 valence electrons. The molecule has 3 amide bonds. The smallest absolute Gasteiger partial charge is 0.269 e. The molecule has 0 fully saturated rings. The molecule has 0 spiro atoms. The zero-order chi connectivity index (χ0) is 24.9. The SMILES string of the molecule is CCCNC(=O)[C@@H](C)N(Cc1ccc(Cl)cc1)C(=O)CCCN1C(=O)c2ccccc2S1(=O)=O. The summed E-state index contributed by atoms with van der Waals surface area (Å²) in [5, 5.41) is 3.37. The first-order valence-corrected chi connectivity index (χ1v) is 13.0. The Morgan fingerprint density at radius 2 is 1.79 bits per heavy atom. The first-order chi connectivity index (χ1) is 16.2. The summed E-state index contributed by atoms with van der Waals surface area (Å²) in [6, 6.07) is 12.3. The molecule has 0 radical (unpaired) electrons. The van der Waals surface area contributed by atoms with Crippen molar-refractivity contribution in [2.45, 2.75) is 50.6 Å². The maximum atomic E-state index is 13.1. The van der Waals surface area contributed by atoms with Crippen LogP contribution < -0.4 is 5.32 Å². The third-order valence-electron chi connectivity index (χ3n) is 5.65. The van der Waals surface area contributed by atoms with Crippen molar-refractivity contribution in [3.05, 3.63) is 64.7 Å². The lowest BCUT2D eigenvalue weighted by molar-refractivity contribution is -0.140. The highest BCUT2D eigenvalue weighted by Crippen LogP contribution is 2.30. The van der Waals surface area contributed by atoms with E-state index < -0.39 is 22.0 Å². The van der Waals surface area contributed by atoms with Gasteiger partial charge in [0, 0.05) is 31.1 Å². The second-order valence-corrected chi connectivity index (χ2v) is 10.4. The van der Waals surface area contributed by atoms with Crippen LogP contribution in [0.3, 0.4) is 0 Å². The third kappa shape index (κ3) is 5.59. The zero-order valence-electron chi connectivity index (χ0n) is 19.2. The van der Waals surface area contributed by atoms with Gasteiger partial charge in [-0.1, -0.05) is 42.8 Å². The van der Waals surface area contributed by atoms with Gasteiger partial charge in [-0.3, -0.25) is 14.4 Å². The largest absolute Gasteiger partial charge is 0.354 e.